The van der Waals surface area contributed by atoms with Crippen LogP contribution in [0.25, 0.3) is 16.7 Å². The first kappa shape index (κ1) is 17.6. The van der Waals surface area contributed by atoms with Gasteiger partial charge in [0.25, 0.3) is 0 Å². The Morgan fingerprint density at radius 2 is 2.12 bits per heavy atom. The lowest BCUT2D eigenvalue weighted by atomic mass is 9.92. The molecule has 4 rings (SSSR count). The minimum Gasteiger partial charge on any atom is -0.387 e. The van der Waals surface area contributed by atoms with E-state index >= 15 is 0 Å². The van der Waals surface area contributed by atoms with Crippen molar-refractivity contribution < 1.29 is 9.90 Å². The van der Waals surface area contributed by atoms with Crippen molar-refractivity contribution in [2.45, 2.75) is 19.8 Å². The van der Waals surface area contributed by atoms with Crippen LogP contribution in [0.4, 0.5) is 0 Å². The summed E-state index contributed by atoms with van der Waals surface area (Å²) in [7, 11) is 1.89. The van der Waals surface area contributed by atoms with Crippen molar-refractivity contribution in [3.63, 3.8) is 0 Å². The van der Waals surface area contributed by atoms with Gasteiger partial charge in [-0.3, -0.25) is 9.48 Å². The van der Waals surface area contributed by atoms with Crippen molar-refractivity contribution in [3.8, 4) is 11.1 Å². The van der Waals surface area contributed by atoms with Crippen molar-refractivity contribution in [1.29, 1.82) is 0 Å². The summed E-state index contributed by atoms with van der Waals surface area (Å²) in [6.45, 7) is 2.62. The molecule has 1 aliphatic carbocycles. The van der Waals surface area contributed by atoms with Crippen LogP contribution in [-0.2, 0) is 18.3 Å². The maximum atomic E-state index is 12.0. The number of aliphatic hydroxyl groups excluding tert-OH is 1. The number of hydrogen-bond acceptors (Lipinski definition) is 3. The predicted octanol–water partition coefficient (Wildman–Crippen LogP) is 3.24. The third-order valence-corrected chi connectivity index (χ3v) is 6.09. The van der Waals surface area contributed by atoms with Crippen LogP contribution in [0.5, 0.6) is 0 Å². The zero-order valence-electron chi connectivity index (χ0n) is 14.6. The molecule has 5 nitrogen and oxygen atoms in total. The molecule has 0 spiro atoms. The molecular formula is C19H19Cl2N3O2. The summed E-state index contributed by atoms with van der Waals surface area (Å²) in [5, 5.41) is 14.8. The van der Waals surface area contributed by atoms with Crippen molar-refractivity contribution >= 4 is 34.7 Å². The number of aliphatic hydroxyl groups is 1. The molecule has 26 heavy (non-hydrogen) atoms. The fourth-order valence-electron chi connectivity index (χ4n) is 4.05. The summed E-state index contributed by atoms with van der Waals surface area (Å²) in [4.78, 5) is 13.7. The number of carbonyl (C=O) groups is 1. The molecule has 2 aromatic rings. The zero-order chi connectivity index (χ0) is 18.6. The summed E-state index contributed by atoms with van der Waals surface area (Å²) in [5.41, 5.74) is 7.46. The second-order valence-corrected chi connectivity index (χ2v) is 7.64. The zero-order valence-corrected chi connectivity index (χ0v) is 16.2. The lowest BCUT2D eigenvalue weighted by molar-refractivity contribution is -0.133. The second-order valence-electron chi connectivity index (χ2n) is 6.86. The standard InChI is InChI=1S/C19H19Cl2N3O2/c1-10-14(7-23(2)22-10)12-6-16(20)19(21)13-5-11-3-4-24(17(26)9-25)8-15(11)18(12)13/h6-7,25H,3-5,8-9H2,1-2H3. The molecule has 0 atom stereocenters. The van der Waals surface area contributed by atoms with Crippen LogP contribution in [0.3, 0.4) is 0 Å². The average Bonchev–Trinajstić information content (AvgIpc) is 3.16. The number of rotatable bonds is 2. The van der Waals surface area contributed by atoms with Gasteiger partial charge >= 0.3 is 0 Å². The third-order valence-electron chi connectivity index (χ3n) is 5.26. The van der Waals surface area contributed by atoms with Crippen molar-refractivity contribution in [2.24, 2.45) is 7.05 Å². The van der Waals surface area contributed by atoms with Gasteiger partial charge in [0.1, 0.15) is 6.61 Å². The summed E-state index contributed by atoms with van der Waals surface area (Å²) < 4.78 is 1.78. The Morgan fingerprint density at radius 1 is 1.35 bits per heavy atom. The Morgan fingerprint density at radius 3 is 2.77 bits per heavy atom. The monoisotopic (exact) mass is 391 g/mol. The molecule has 0 saturated carbocycles. The molecule has 7 heteroatoms. The Balaban J connectivity index is 1.89. The minimum atomic E-state index is -0.467. The average molecular weight is 392 g/mol. The van der Waals surface area contributed by atoms with Gasteiger partial charge < -0.3 is 10.0 Å². The van der Waals surface area contributed by atoms with Crippen LogP contribution < -0.4 is 0 Å². The Labute approximate surface area is 161 Å². The number of aromatic nitrogens is 2. The van der Waals surface area contributed by atoms with Gasteiger partial charge in [-0.1, -0.05) is 28.8 Å². The highest BCUT2D eigenvalue weighted by Gasteiger charge is 2.33. The van der Waals surface area contributed by atoms with E-state index in [0.29, 0.717) is 23.1 Å². The first-order valence-electron chi connectivity index (χ1n) is 8.52. The summed E-state index contributed by atoms with van der Waals surface area (Å²) in [6.07, 6.45) is 3.53. The maximum Gasteiger partial charge on any atom is 0.248 e. The second kappa shape index (κ2) is 6.41. The molecule has 136 valence electrons. The molecule has 0 fully saturated rings. The topological polar surface area (TPSA) is 58.4 Å². The fourth-order valence-corrected chi connectivity index (χ4v) is 4.48. The van der Waals surface area contributed by atoms with E-state index in [0.717, 1.165) is 46.4 Å². The predicted molar refractivity (Wildman–Crippen MR) is 102 cm³/mol. The molecule has 0 radical (unpaired) electrons. The van der Waals surface area contributed by atoms with Gasteiger partial charge in [0, 0.05) is 31.9 Å². The van der Waals surface area contributed by atoms with Crippen molar-refractivity contribution in [2.75, 3.05) is 19.7 Å². The van der Waals surface area contributed by atoms with Crippen LogP contribution in [0, 0.1) is 6.92 Å². The molecule has 0 saturated heterocycles. The van der Waals surface area contributed by atoms with E-state index in [1.807, 2.05) is 26.2 Å². The van der Waals surface area contributed by atoms with E-state index in [2.05, 4.69) is 5.10 Å². The molecule has 2 heterocycles. The lowest BCUT2D eigenvalue weighted by Gasteiger charge is -2.28. The van der Waals surface area contributed by atoms with Crippen LogP contribution >= 0.6 is 23.2 Å². The number of aryl methyl sites for hydroxylation is 2. The van der Waals surface area contributed by atoms with Gasteiger partial charge in [0.05, 0.1) is 15.7 Å². The van der Waals surface area contributed by atoms with Crippen LogP contribution in [0.2, 0.25) is 10.0 Å². The molecule has 1 aliphatic heterocycles. The minimum absolute atomic E-state index is 0.246. The van der Waals surface area contributed by atoms with E-state index in [4.69, 9.17) is 23.2 Å². The maximum absolute atomic E-state index is 12.0. The number of carbonyl (C=O) groups excluding carboxylic acids is 1. The van der Waals surface area contributed by atoms with E-state index in [1.165, 1.54) is 5.57 Å². The molecule has 0 unspecified atom stereocenters. The highest BCUT2D eigenvalue weighted by Crippen LogP contribution is 2.48. The smallest absolute Gasteiger partial charge is 0.248 e. The Bertz CT molecular complexity index is 962. The largest absolute Gasteiger partial charge is 0.387 e. The Hall–Kier alpha value is -1.82. The molecule has 1 N–H and O–H groups in total. The molecule has 2 aliphatic rings. The summed E-state index contributed by atoms with van der Waals surface area (Å²) >= 11 is 13.0. The number of halogens is 2. The van der Waals surface area contributed by atoms with Crippen LogP contribution in [0.15, 0.2) is 17.8 Å². The van der Waals surface area contributed by atoms with Gasteiger partial charge in [0.2, 0.25) is 5.91 Å². The highest BCUT2D eigenvalue weighted by molar-refractivity contribution is 6.43. The van der Waals surface area contributed by atoms with Gasteiger partial charge in [0.15, 0.2) is 0 Å². The number of nitrogens with zero attached hydrogens (tertiary/aromatic N) is 3. The quantitative estimate of drug-likeness (QED) is 0.854. The van der Waals surface area contributed by atoms with Gasteiger partial charge in [-0.2, -0.15) is 5.10 Å². The number of fused-ring (bicyclic) bond motifs is 2. The van der Waals surface area contributed by atoms with E-state index in [1.54, 1.807) is 9.58 Å². The molecule has 1 amide bonds. The van der Waals surface area contributed by atoms with Crippen molar-refractivity contribution in [3.05, 3.63) is 44.7 Å². The van der Waals surface area contributed by atoms with E-state index in [-0.39, 0.29) is 5.91 Å². The fraction of sp³-hybridized carbons (Fsp3) is 0.368. The SMILES string of the molecule is Cc1nn(C)cc1-c1cc(Cl)c(Cl)c2c1C1=C(CCN(C(=O)CO)C1)C2. The summed E-state index contributed by atoms with van der Waals surface area (Å²) in [5.74, 6) is -0.246. The van der Waals surface area contributed by atoms with Crippen molar-refractivity contribution in [1.82, 2.24) is 14.7 Å². The third kappa shape index (κ3) is 2.66. The highest BCUT2D eigenvalue weighted by atomic mass is 35.5. The van der Waals surface area contributed by atoms with Gasteiger partial charge in [-0.05, 0) is 48.1 Å². The molecule has 0 bridgehead atoms. The van der Waals surface area contributed by atoms with Gasteiger partial charge in [-0.15, -0.1) is 0 Å². The normalized spacial score (nSPS) is 16.1. The molecular weight excluding hydrogens is 373 g/mol. The first-order valence-corrected chi connectivity index (χ1v) is 9.27. The van der Waals surface area contributed by atoms with Gasteiger partial charge in [-0.25, -0.2) is 0 Å². The number of amides is 1. The number of benzene rings is 1. The van der Waals surface area contributed by atoms with Crippen LogP contribution in [-0.4, -0.2) is 45.4 Å². The lowest BCUT2D eigenvalue weighted by Crippen LogP contribution is -2.37. The molecule has 1 aromatic heterocycles. The van der Waals surface area contributed by atoms with E-state index in [9.17, 15) is 9.90 Å². The van der Waals surface area contributed by atoms with E-state index < -0.39 is 6.61 Å². The summed E-state index contributed by atoms with van der Waals surface area (Å²) in [6, 6.07) is 1.90. The Kier molecular flexibility index (Phi) is 4.34. The van der Waals surface area contributed by atoms with Crippen LogP contribution in [0.1, 0.15) is 23.2 Å². The number of hydrogen-bond donors (Lipinski definition) is 1. The first-order chi connectivity index (χ1) is 12.4. The molecule has 1 aromatic carbocycles.